The van der Waals surface area contributed by atoms with E-state index in [1.807, 2.05) is 0 Å². The topological polar surface area (TPSA) is 55.4 Å². The minimum absolute atomic E-state index is 0.00370. The fraction of sp³-hybridized carbons (Fsp3) is 0.400. The van der Waals surface area contributed by atoms with E-state index in [9.17, 15) is 17.2 Å². The molecule has 0 aliphatic rings. The second-order valence-corrected chi connectivity index (χ2v) is 5.69. The van der Waals surface area contributed by atoms with Gasteiger partial charge in [0.05, 0.1) is 11.4 Å². The molecule has 1 aromatic carbocycles. The Morgan fingerprint density at radius 2 is 2.00 bits per heavy atom. The van der Waals surface area contributed by atoms with Crippen molar-refractivity contribution >= 4 is 15.5 Å². The molecular weight excluding hydrogens is 252 g/mol. The molecule has 7 heteroatoms. The first-order valence-electron chi connectivity index (χ1n) is 4.84. The predicted molar refractivity (Wildman–Crippen MR) is 61.3 cm³/mol. The molecule has 1 rings (SSSR count). The molecule has 0 unspecified atom stereocenters. The van der Waals surface area contributed by atoms with Crippen LogP contribution in [0.2, 0.25) is 0 Å². The van der Waals surface area contributed by atoms with Crippen LogP contribution in [0.3, 0.4) is 0 Å². The third kappa shape index (κ3) is 5.48. The molecule has 0 radical (unpaired) electrons. The van der Waals surface area contributed by atoms with Crippen LogP contribution in [-0.2, 0) is 9.84 Å². The zero-order valence-electron chi connectivity index (χ0n) is 9.19. The van der Waals surface area contributed by atoms with E-state index in [-0.39, 0.29) is 18.0 Å². The molecule has 0 bridgehead atoms. The molecular formula is C10H13F2NO3S. The van der Waals surface area contributed by atoms with Gasteiger partial charge in [-0.1, -0.05) is 12.1 Å². The van der Waals surface area contributed by atoms with Crippen molar-refractivity contribution in [1.82, 2.24) is 0 Å². The summed E-state index contributed by atoms with van der Waals surface area (Å²) in [5.74, 6) is -0.0771. The highest BCUT2D eigenvalue weighted by atomic mass is 32.2. The number of halogens is 2. The number of benzene rings is 1. The molecule has 1 N–H and O–H groups in total. The lowest BCUT2D eigenvalue weighted by Gasteiger charge is -2.11. The van der Waals surface area contributed by atoms with Crippen LogP contribution in [0.15, 0.2) is 24.3 Å². The number of nitrogens with one attached hydrogen (secondary N) is 1. The first-order valence-corrected chi connectivity index (χ1v) is 6.90. The van der Waals surface area contributed by atoms with Gasteiger partial charge in [0, 0.05) is 12.8 Å². The van der Waals surface area contributed by atoms with Gasteiger partial charge in [0.25, 0.3) is 0 Å². The Morgan fingerprint density at radius 1 is 1.35 bits per heavy atom. The minimum atomic E-state index is -3.08. The molecule has 0 heterocycles. The second-order valence-electron chi connectivity index (χ2n) is 3.43. The SMILES string of the molecule is CS(=O)(=O)CCNc1ccccc1OC(F)F. The average Bonchev–Trinajstić information content (AvgIpc) is 2.18. The van der Waals surface area contributed by atoms with Crippen LogP contribution in [0.25, 0.3) is 0 Å². The summed E-state index contributed by atoms with van der Waals surface area (Å²) in [7, 11) is -3.08. The smallest absolute Gasteiger partial charge is 0.387 e. The molecule has 0 atom stereocenters. The quantitative estimate of drug-likeness (QED) is 0.851. The van der Waals surface area contributed by atoms with Crippen molar-refractivity contribution in [3.63, 3.8) is 0 Å². The molecule has 0 saturated carbocycles. The lowest BCUT2D eigenvalue weighted by Crippen LogP contribution is -2.15. The number of rotatable bonds is 6. The monoisotopic (exact) mass is 265 g/mol. The van der Waals surface area contributed by atoms with Crippen molar-refractivity contribution in [2.75, 3.05) is 23.9 Å². The van der Waals surface area contributed by atoms with E-state index >= 15 is 0 Å². The van der Waals surface area contributed by atoms with Crippen molar-refractivity contribution in [2.24, 2.45) is 0 Å². The van der Waals surface area contributed by atoms with E-state index in [1.165, 1.54) is 6.07 Å². The van der Waals surface area contributed by atoms with Crippen molar-refractivity contribution in [3.05, 3.63) is 24.3 Å². The average molecular weight is 265 g/mol. The van der Waals surface area contributed by atoms with Crippen LogP contribution in [0, 0.1) is 0 Å². The normalized spacial score (nSPS) is 11.5. The molecule has 0 aliphatic heterocycles. The summed E-state index contributed by atoms with van der Waals surface area (Å²) in [6.07, 6.45) is 1.11. The van der Waals surface area contributed by atoms with Gasteiger partial charge in [0.1, 0.15) is 15.6 Å². The van der Waals surface area contributed by atoms with Crippen LogP contribution < -0.4 is 10.1 Å². The third-order valence-electron chi connectivity index (χ3n) is 1.89. The van der Waals surface area contributed by atoms with Crippen molar-refractivity contribution in [2.45, 2.75) is 6.61 Å². The zero-order chi connectivity index (χ0) is 12.9. The van der Waals surface area contributed by atoms with Gasteiger partial charge in [0.2, 0.25) is 0 Å². The van der Waals surface area contributed by atoms with Gasteiger partial charge in [-0.3, -0.25) is 0 Å². The lowest BCUT2D eigenvalue weighted by atomic mass is 10.3. The van der Waals surface area contributed by atoms with Gasteiger partial charge in [-0.2, -0.15) is 8.78 Å². The Morgan fingerprint density at radius 3 is 2.59 bits per heavy atom. The molecule has 0 aromatic heterocycles. The van der Waals surface area contributed by atoms with Crippen LogP contribution in [-0.4, -0.2) is 33.6 Å². The summed E-state index contributed by atoms with van der Waals surface area (Å²) < 4.78 is 50.2. The second kappa shape index (κ2) is 5.81. The zero-order valence-corrected chi connectivity index (χ0v) is 10.0. The van der Waals surface area contributed by atoms with Gasteiger partial charge in [-0.05, 0) is 12.1 Å². The van der Waals surface area contributed by atoms with Crippen LogP contribution in [0.1, 0.15) is 0 Å². The first kappa shape index (κ1) is 13.7. The Kier molecular flexibility index (Phi) is 4.68. The maximum Gasteiger partial charge on any atom is 0.387 e. The number of sulfone groups is 1. The van der Waals surface area contributed by atoms with Crippen LogP contribution in [0.4, 0.5) is 14.5 Å². The molecule has 1 aromatic rings. The summed E-state index contributed by atoms with van der Waals surface area (Å²) in [5, 5.41) is 2.74. The maximum absolute atomic E-state index is 12.1. The van der Waals surface area contributed by atoms with Gasteiger partial charge in [0.15, 0.2) is 0 Å². The Balaban J connectivity index is 2.64. The summed E-state index contributed by atoms with van der Waals surface area (Å²) >= 11 is 0. The highest BCUT2D eigenvalue weighted by molar-refractivity contribution is 7.90. The Labute approximate surface area is 98.5 Å². The van der Waals surface area contributed by atoms with Gasteiger partial charge in [-0.25, -0.2) is 8.42 Å². The van der Waals surface area contributed by atoms with E-state index < -0.39 is 16.4 Å². The predicted octanol–water partition coefficient (Wildman–Crippen LogP) is 1.74. The molecule has 4 nitrogen and oxygen atoms in total. The molecule has 17 heavy (non-hydrogen) atoms. The third-order valence-corrected chi connectivity index (χ3v) is 2.84. The summed E-state index contributed by atoms with van der Waals surface area (Å²) in [6.45, 7) is -2.77. The molecule has 0 amide bonds. The lowest BCUT2D eigenvalue weighted by molar-refractivity contribution is -0.0493. The van der Waals surface area contributed by atoms with Crippen LogP contribution in [0.5, 0.6) is 5.75 Å². The number of para-hydroxylation sites is 2. The number of hydrogen-bond acceptors (Lipinski definition) is 4. The number of ether oxygens (including phenoxy) is 1. The van der Waals surface area contributed by atoms with Crippen molar-refractivity contribution in [1.29, 1.82) is 0 Å². The van der Waals surface area contributed by atoms with E-state index in [1.54, 1.807) is 18.2 Å². The number of hydrogen-bond donors (Lipinski definition) is 1. The summed E-state index contributed by atoms with van der Waals surface area (Å²) in [4.78, 5) is 0. The van der Waals surface area contributed by atoms with E-state index in [0.29, 0.717) is 5.69 Å². The molecule has 0 aliphatic carbocycles. The molecule has 96 valence electrons. The van der Waals surface area contributed by atoms with Gasteiger partial charge < -0.3 is 10.1 Å². The highest BCUT2D eigenvalue weighted by Gasteiger charge is 2.09. The summed E-state index contributed by atoms with van der Waals surface area (Å²) in [5.41, 5.74) is 0.344. The highest BCUT2D eigenvalue weighted by Crippen LogP contribution is 2.25. The molecule has 0 saturated heterocycles. The molecule has 0 spiro atoms. The fourth-order valence-electron chi connectivity index (χ4n) is 1.18. The Hall–Kier alpha value is -1.37. The van der Waals surface area contributed by atoms with E-state index in [4.69, 9.17) is 0 Å². The van der Waals surface area contributed by atoms with Crippen molar-refractivity contribution in [3.8, 4) is 5.75 Å². The Bertz CT molecular complexity index is 462. The first-order chi connectivity index (χ1) is 7.88. The van der Waals surface area contributed by atoms with E-state index in [2.05, 4.69) is 10.1 Å². The van der Waals surface area contributed by atoms with Gasteiger partial charge >= 0.3 is 6.61 Å². The number of anilines is 1. The minimum Gasteiger partial charge on any atom is -0.433 e. The van der Waals surface area contributed by atoms with E-state index in [0.717, 1.165) is 6.26 Å². The van der Waals surface area contributed by atoms with Gasteiger partial charge in [-0.15, -0.1) is 0 Å². The largest absolute Gasteiger partial charge is 0.433 e. The van der Waals surface area contributed by atoms with Crippen LogP contribution >= 0.6 is 0 Å². The van der Waals surface area contributed by atoms with Crippen molar-refractivity contribution < 1.29 is 21.9 Å². The standard InChI is InChI=1S/C10H13F2NO3S/c1-17(14,15)7-6-13-8-4-2-3-5-9(8)16-10(11)12/h2-5,10,13H,6-7H2,1H3. The molecule has 0 fully saturated rings. The summed E-state index contributed by atoms with van der Waals surface area (Å²) in [6, 6.07) is 6.12. The number of alkyl halides is 2. The fourth-order valence-corrected chi connectivity index (χ4v) is 1.66. The maximum atomic E-state index is 12.1.